The van der Waals surface area contributed by atoms with Gasteiger partial charge in [0.15, 0.2) is 0 Å². The number of rotatable bonds is 0. The van der Waals surface area contributed by atoms with Gasteiger partial charge in [-0.05, 0) is 177 Å². The zero-order valence-electron chi connectivity index (χ0n) is 19.4. The molecule has 18 aliphatic carbocycles. The van der Waals surface area contributed by atoms with E-state index in [0.29, 0.717) is 0 Å². The lowest BCUT2D eigenvalue weighted by Crippen LogP contribution is -3.31. The fourth-order valence-corrected chi connectivity index (χ4v) is 28.6. The quantitative estimate of drug-likeness (QED) is 0.612. The van der Waals surface area contributed by atoms with Crippen molar-refractivity contribution in [2.24, 2.45) is 156 Å². The predicted octanol–water partition coefficient (Wildman–Crippen LogP) is 3.11. The van der Waals surface area contributed by atoms with E-state index < -0.39 is 0 Å². The number of hydrogen-bond donors (Lipinski definition) is 1. The van der Waals surface area contributed by atoms with Crippen LogP contribution in [-0.2, 0) is 0 Å². The van der Waals surface area contributed by atoms with Gasteiger partial charge >= 0.3 is 0 Å². The molecule has 0 radical (unpaired) electrons. The minimum atomic E-state index is 0.783. The summed E-state index contributed by atoms with van der Waals surface area (Å²) in [6.45, 7) is 0. The Balaban J connectivity index is 0.904. The van der Waals surface area contributed by atoms with Crippen molar-refractivity contribution in [3.63, 3.8) is 0 Å². The lowest BCUT2D eigenvalue weighted by Gasteiger charge is -3.32. The second-order valence-corrected chi connectivity index (χ2v) is 20.2. The molecule has 18 unspecified atom stereocenters. The average Bonchev–Trinajstić information content (AvgIpc) is 3.09. The van der Waals surface area contributed by atoms with Crippen LogP contribution in [0.3, 0.4) is 0 Å². The largest absolute Gasteiger partial charge is 0.303 e. The molecule has 0 aromatic rings. The first kappa shape index (κ1) is 13.2. The number of fused-ring (bicyclic) bond motifs is 16. The van der Waals surface area contributed by atoms with E-state index in [4.69, 9.17) is 5.32 Å². The van der Waals surface area contributed by atoms with Crippen molar-refractivity contribution in [2.45, 2.75) is 36.8 Å². The summed E-state index contributed by atoms with van der Waals surface area (Å²) in [5.41, 5.74) is 8.75. The molecular weight excluding hydrogens is 410 g/mol. The first-order valence-corrected chi connectivity index (χ1v) is 16.6. The highest BCUT2D eigenvalue weighted by molar-refractivity contribution is 5.79. The summed E-state index contributed by atoms with van der Waals surface area (Å²) in [5, 5.41) is 4.88. The first-order valence-electron chi connectivity index (χ1n) is 16.6. The third kappa shape index (κ3) is 0.423. The molecule has 2 aliphatic heterocycles. The van der Waals surface area contributed by atoms with Gasteiger partial charge in [-0.15, -0.1) is 0 Å². The minimum Gasteiger partial charge on any atom is -0.303 e. The number of nitrogens with one attached hydrogen (secondary N) is 1. The van der Waals surface area contributed by atoms with Crippen LogP contribution in [0.25, 0.3) is 0 Å². The SMILES string of the molecule is C1C2CC3C4C5C6C7C8C9C%10C%11CC%12CC%13C%14C%15C%16C%17C%18C%19C%20C1C23C%204NC%195C%186C%177C%168C%159C%14%10C%12%13%11. The molecule has 18 atom stereocenters. The Morgan fingerprint density at radius 2 is 0.794 bits per heavy atom. The third-order valence-electron chi connectivity index (χ3n) is 25.0. The molecule has 9 spiro atoms. The van der Waals surface area contributed by atoms with Gasteiger partial charge in [0.1, 0.15) is 0 Å². The molecule has 166 valence electrons. The van der Waals surface area contributed by atoms with Gasteiger partial charge in [0.25, 0.3) is 0 Å². The van der Waals surface area contributed by atoms with Crippen molar-refractivity contribution in [3.05, 3.63) is 0 Å². The first-order chi connectivity index (χ1) is 16.8. The smallest absolute Gasteiger partial charge is 0.0323 e. The van der Waals surface area contributed by atoms with Crippen LogP contribution in [0.5, 0.6) is 0 Å². The fraction of sp³-hybridized carbons (Fsp3) is 1.00. The summed E-state index contributed by atoms with van der Waals surface area (Å²) in [5.74, 6) is 25.9. The van der Waals surface area contributed by atoms with Gasteiger partial charge in [0.05, 0.1) is 0 Å². The molecule has 2 bridgehead atoms. The van der Waals surface area contributed by atoms with Crippen molar-refractivity contribution in [1.82, 2.24) is 5.32 Å². The molecular formula is C33H29N. The molecule has 0 aromatic carbocycles. The summed E-state index contributed by atoms with van der Waals surface area (Å²) < 4.78 is 0. The van der Waals surface area contributed by atoms with Gasteiger partial charge in [-0.3, -0.25) is 0 Å². The van der Waals surface area contributed by atoms with E-state index in [1.54, 1.807) is 25.7 Å². The van der Waals surface area contributed by atoms with Crippen LogP contribution in [0.15, 0.2) is 0 Å². The topological polar surface area (TPSA) is 12.0 Å². The van der Waals surface area contributed by atoms with Crippen molar-refractivity contribution in [3.8, 4) is 0 Å². The van der Waals surface area contributed by atoms with Crippen molar-refractivity contribution in [2.75, 3.05) is 0 Å². The Bertz CT molecular complexity index is 1550. The fourth-order valence-electron chi connectivity index (χ4n) is 28.6. The summed E-state index contributed by atoms with van der Waals surface area (Å²) >= 11 is 0. The van der Waals surface area contributed by atoms with E-state index >= 15 is 0 Å². The van der Waals surface area contributed by atoms with E-state index in [9.17, 15) is 0 Å². The molecule has 18 saturated carbocycles. The Kier molecular flexibility index (Phi) is 0.920. The van der Waals surface area contributed by atoms with Crippen LogP contribution in [0.1, 0.15) is 25.7 Å². The summed E-state index contributed by atoms with van der Waals surface area (Å²) in [6.07, 6.45) is 6.88. The molecule has 20 aliphatic rings. The normalized spacial score (nSPS) is 118. The molecule has 20 fully saturated rings. The zero-order valence-corrected chi connectivity index (χ0v) is 19.4. The van der Waals surface area contributed by atoms with Crippen LogP contribution in [-0.4, -0.2) is 11.1 Å². The highest BCUT2D eigenvalue weighted by Gasteiger charge is 3.33. The predicted molar refractivity (Wildman–Crippen MR) is 114 cm³/mol. The van der Waals surface area contributed by atoms with Gasteiger partial charge in [-0.1, -0.05) is 0 Å². The van der Waals surface area contributed by atoms with E-state index in [0.717, 1.165) is 49.0 Å². The standard InChI is InChI=1S/C33H29N/c1-5-2-8-12-16-18-20-22-24-14-10-4-6-3-9-13-23-21-19-17-15-11-7(1)25(5,8)27(11,12)28(15,16)29(17,18)30(19,20)31(21,22)33(23,24)34-32(13,14)26(6,9)10/h5-24,34H,1-4H2. The maximum Gasteiger partial charge on any atom is 0.0323 e. The van der Waals surface area contributed by atoms with Crippen LogP contribution < -0.4 is 5.32 Å². The lowest BCUT2D eigenvalue weighted by atomic mass is 8.71. The van der Waals surface area contributed by atoms with E-state index in [1.807, 2.05) is 0 Å². The van der Waals surface area contributed by atoms with E-state index in [1.165, 1.54) is 118 Å². The molecule has 0 aromatic heterocycles. The van der Waals surface area contributed by atoms with Crippen molar-refractivity contribution < 1.29 is 0 Å². The second kappa shape index (κ2) is 2.38. The van der Waals surface area contributed by atoms with Crippen molar-refractivity contribution in [1.29, 1.82) is 0 Å². The van der Waals surface area contributed by atoms with Crippen LogP contribution in [0.4, 0.5) is 0 Å². The molecule has 34 heavy (non-hydrogen) atoms. The van der Waals surface area contributed by atoms with Crippen LogP contribution in [0.2, 0.25) is 0 Å². The molecule has 2 heterocycles. The second-order valence-electron chi connectivity index (χ2n) is 20.2. The van der Waals surface area contributed by atoms with Crippen LogP contribution >= 0.6 is 0 Å². The van der Waals surface area contributed by atoms with Gasteiger partial charge in [-0.25, -0.2) is 0 Å². The monoisotopic (exact) mass is 439 g/mol. The highest BCUT2D eigenvalue weighted by Crippen LogP contribution is 3.33. The summed E-state index contributed by atoms with van der Waals surface area (Å²) in [7, 11) is 0. The molecule has 0 amide bonds. The maximum atomic E-state index is 4.88. The Hall–Kier alpha value is -0.0400. The van der Waals surface area contributed by atoms with E-state index in [-0.39, 0.29) is 0 Å². The summed E-state index contributed by atoms with van der Waals surface area (Å²) in [4.78, 5) is 0. The Morgan fingerprint density at radius 3 is 1.35 bits per heavy atom. The van der Waals surface area contributed by atoms with Gasteiger partial charge in [0, 0.05) is 16.5 Å². The van der Waals surface area contributed by atoms with Crippen LogP contribution in [0, 0.1) is 156 Å². The van der Waals surface area contributed by atoms with E-state index in [2.05, 4.69) is 0 Å². The molecule has 2 saturated heterocycles. The Labute approximate surface area is 198 Å². The average molecular weight is 440 g/mol. The van der Waals surface area contributed by atoms with Crippen molar-refractivity contribution >= 4 is 0 Å². The number of hydrogen-bond acceptors (Lipinski definition) is 1. The lowest BCUT2D eigenvalue weighted by molar-refractivity contribution is -0.865. The molecule has 20 rings (SSSR count). The molecule has 1 nitrogen and oxygen atoms in total. The van der Waals surface area contributed by atoms with Gasteiger partial charge in [0.2, 0.25) is 0 Å². The highest BCUT2D eigenvalue weighted by atomic mass is 15.4. The minimum absolute atomic E-state index is 0.783. The van der Waals surface area contributed by atoms with Gasteiger partial charge < -0.3 is 5.32 Å². The Morgan fingerprint density at radius 1 is 0.353 bits per heavy atom. The zero-order chi connectivity index (χ0) is 19.6. The maximum absolute atomic E-state index is 4.88. The molecule has 1 heteroatoms. The molecule has 1 N–H and O–H groups in total. The third-order valence-corrected chi connectivity index (χ3v) is 25.0. The van der Waals surface area contributed by atoms with Gasteiger partial charge in [-0.2, -0.15) is 0 Å². The summed E-state index contributed by atoms with van der Waals surface area (Å²) in [6, 6.07) is 0.